The fourth-order valence-corrected chi connectivity index (χ4v) is 3.95. The highest BCUT2D eigenvalue weighted by molar-refractivity contribution is 8.00. The van der Waals surface area contributed by atoms with Crippen LogP contribution in [0.4, 0.5) is 0 Å². The van der Waals surface area contributed by atoms with E-state index < -0.39 is 0 Å². The molecular weight excluding hydrogens is 304 g/mol. The first-order chi connectivity index (χ1) is 10.1. The SMILES string of the molecule is CCc1nn(C)c2c1nc(CCl)n2CC(CC)(CC)SC. The highest BCUT2D eigenvalue weighted by Gasteiger charge is 2.29. The Hall–Kier alpha value is -0.680. The molecular formula is C15H25ClN4S. The predicted octanol–water partition coefficient (Wildman–Crippen LogP) is 3.99. The molecule has 118 valence electrons. The summed E-state index contributed by atoms with van der Waals surface area (Å²) in [6, 6.07) is 0. The number of rotatable bonds is 7. The van der Waals surface area contributed by atoms with E-state index in [1.165, 1.54) is 0 Å². The van der Waals surface area contributed by atoms with Gasteiger partial charge in [-0.05, 0) is 25.5 Å². The minimum absolute atomic E-state index is 0.227. The number of aryl methyl sites for hydroxylation is 2. The smallest absolute Gasteiger partial charge is 0.158 e. The van der Waals surface area contributed by atoms with Crippen LogP contribution in [0.3, 0.4) is 0 Å². The number of halogens is 1. The summed E-state index contributed by atoms with van der Waals surface area (Å²) in [6.45, 7) is 7.57. The summed E-state index contributed by atoms with van der Waals surface area (Å²) in [4.78, 5) is 4.75. The van der Waals surface area contributed by atoms with E-state index >= 15 is 0 Å². The molecule has 0 spiro atoms. The fourth-order valence-electron chi connectivity index (χ4n) is 2.91. The average Bonchev–Trinajstić information content (AvgIpc) is 3.02. The summed E-state index contributed by atoms with van der Waals surface area (Å²) in [7, 11) is 2.00. The largest absolute Gasteiger partial charge is 0.310 e. The van der Waals surface area contributed by atoms with E-state index in [-0.39, 0.29) is 4.75 Å². The normalized spacial score (nSPS) is 12.5. The van der Waals surface area contributed by atoms with Crippen LogP contribution in [0, 0.1) is 0 Å². The lowest BCUT2D eigenvalue weighted by molar-refractivity contribution is 0.461. The van der Waals surface area contributed by atoms with E-state index in [9.17, 15) is 0 Å². The molecule has 0 bridgehead atoms. The Bertz CT molecular complexity index is 604. The highest BCUT2D eigenvalue weighted by atomic mass is 35.5. The summed E-state index contributed by atoms with van der Waals surface area (Å²) in [5.41, 5.74) is 3.17. The van der Waals surface area contributed by atoms with Crippen LogP contribution in [0.2, 0.25) is 0 Å². The Morgan fingerprint density at radius 2 is 1.90 bits per heavy atom. The van der Waals surface area contributed by atoms with Gasteiger partial charge in [0.2, 0.25) is 0 Å². The minimum atomic E-state index is 0.227. The first-order valence-electron chi connectivity index (χ1n) is 7.57. The molecule has 2 heterocycles. The molecule has 2 rings (SSSR count). The Labute approximate surface area is 136 Å². The Kier molecular flexibility index (Phi) is 5.25. The number of imidazole rings is 1. The van der Waals surface area contributed by atoms with Crippen molar-refractivity contribution in [2.24, 2.45) is 7.05 Å². The van der Waals surface area contributed by atoms with Gasteiger partial charge in [0.25, 0.3) is 0 Å². The van der Waals surface area contributed by atoms with Gasteiger partial charge in [-0.15, -0.1) is 11.6 Å². The standard InChI is InChI=1S/C15H25ClN4S/c1-6-11-13-14(19(4)18-11)20(12(9-16)17-13)10-15(7-2,8-3)21-5/h6-10H2,1-5H3. The van der Waals surface area contributed by atoms with Crippen LogP contribution in [-0.2, 0) is 25.9 Å². The van der Waals surface area contributed by atoms with Crippen LogP contribution in [-0.4, -0.2) is 30.3 Å². The molecule has 0 unspecified atom stereocenters. The average molecular weight is 329 g/mol. The van der Waals surface area contributed by atoms with Crippen LogP contribution < -0.4 is 0 Å². The van der Waals surface area contributed by atoms with E-state index in [0.29, 0.717) is 5.88 Å². The van der Waals surface area contributed by atoms with Crippen molar-refractivity contribution in [3.63, 3.8) is 0 Å². The van der Waals surface area contributed by atoms with Gasteiger partial charge in [-0.1, -0.05) is 20.8 Å². The number of alkyl halides is 1. The van der Waals surface area contributed by atoms with Gasteiger partial charge in [-0.2, -0.15) is 16.9 Å². The third-order valence-electron chi connectivity index (χ3n) is 4.49. The maximum Gasteiger partial charge on any atom is 0.158 e. The molecule has 6 heteroatoms. The minimum Gasteiger partial charge on any atom is -0.310 e. The number of hydrogen-bond acceptors (Lipinski definition) is 3. The maximum absolute atomic E-state index is 6.15. The van der Waals surface area contributed by atoms with Crippen molar-refractivity contribution >= 4 is 34.5 Å². The van der Waals surface area contributed by atoms with Crippen LogP contribution in [0.15, 0.2) is 0 Å². The second-order valence-electron chi connectivity index (χ2n) is 5.44. The summed E-state index contributed by atoms with van der Waals surface area (Å²) >= 11 is 8.09. The molecule has 21 heavy (non-hydrogen) atoms. The van der Waals surface area contributed by atoms with Crippen LogP contribution >= 0.6 is 23.4 Å². The number of fused-ring (bicyclic) bond motifs is 1. The fraction of sp³-hybridized carbons (Fsp3) is 0.733. The van der Waals surface area contributed by atoms with Gasteiger partial charge in [-0.25, -0.2) is 4.98 Å². The number of aromatic nitrogens is 4. The summed E-state index contributed by atoms with van der Waals surface area (Å²) in [6.07, 6.45) is 5.35. The quantitative estimate of drug-likeness (QED) is 0.721. The molecule has 2 aromatic rings. The second-order valence-corrected chi connectivity index (χ2v) is 6.98. The molecule has 0 aliphatic heterocycles. The molecule has 0 radical (unpaired) electrons. The predicted molar refractivity (Wildman–Crippen MR) is 92.3 cm³/mol. The first-order valence-corrected chi connectivity index (χ1v) is 9.33. The summed E-state index contributed by atoms with van der Waals surface area (Å²) in [5, 5.41) is 4.60. The molecule has 0 aliphatic rings. The highest BCUT2D eigenvalue weighted by Crippen LogP contribution is 2.34. The molecule has 4 nitrogen and oxygen atoms in total. The van der Waals surface area contributed by atoms with E-state index in [0.717, 1.165) is 48.5 Å². The Morgan fingerprint density at radius 1 is 1.24 bits per heavy atom. The molecule has 0 aromatic carbocycles. The van der Waals surface area contributed by atoms with Crippen molar-refractivity contribution in [3.8, 4) is 0 Å². The molecule has 0 amide bonds. The van der Waals surface area contributed by atoms with Gasteiger partial charge < -0.3 is 4.57 Å². The lowest BCUT2D eigenvalue weighted by Gasteiger charge is -2.30. The van der Waals surface area contributed by atoms with Crippen LogP contribution in [0.25, 0.3) is 11.2 Å². The number of thioether (sulfide) groups is 1. The van der Waals surface area contributed by atoms with Gasteiger partial charge in [0.1, 0.15) is 11.3 Å². The maximum atomic E-state index is 6.15. The zero-order chi connectivity index (χ0) is 15.6. The van der Waals surface area contributed by atoms with Crippen molar-refractivity contribution < 1.29 is 0 Å². The summed E-state index contributed by atoms with van der Waals surface area (Å²) in [5.74, 6) is 1.39. The summed E-state index contributed by atoms with van der Waals surface area (Å²) < 4.78 is 4.46. The zero-order valence-corrected chi connectivity index (χ0v) is 15.2. The molecule has 0 fully saturated rings. The van der Waals surface area contributed by atoms with Crippen LogP contribution in [0.1, 0.15) is 45.1 Å². The molecule has 2 aromatic heterocycles. The second kappa shape index (κ2) is 6.61. The van der Waals surface area contributed by atoms with Crippen molar-refractivity contribution in [2.75, 3.05) is 6.26 Å². The third kappa shape index (κ3) is 2.82. The van der Waals surface area contributed by atoms with Gasteiger partial charge in [0.05, 0.1) is 11.6 Å². The van der Waals surface area contributed by atoms with Gasteiger partial charge in [0, 0.05) is 18.3 Å². The van der Waals surface area contributed by atoms with E-state index in [1.54, 1.807) is 0 Å². The molecule has 0 saturated carbocycles. The first kappa shape index (κ1) is 16.7. The number of nitrogens with zero attached hydrogens (tertiary/aromatic N) is 4. The van der Waals surface area contributed by atoms with Crippen molar-refractivity contribution in [3.05, 3.63) is 11.5 Å². The Balaban J connectivity index is 2.59. The molecule has 0 aliphatic carbocycles. The van der Waals surface area contributed by atoms with Gasteiger partial charge >= 0.3 is 0 Å². The van der Waals surface area contributed by atoms with Crippen LogP contribution in [0.5, 0.6) is 0 Å². The topological polar surface area (TPSA) is 35.6 Å². The van der Waals surface area contributed by atoms with Gasteiger partial charge in [-0.3, -0.25) is 4.68 Å². The monoisotopic (exact) mass is 328 g/mol. The van der Waals surface area contributed by atoms with E-state index in [4.69, 9.17) is 16.6 Å². The Morgan fingerprint density at radius 3 is 2.38 bits per heavy atom. The third-order valence-corrected chi connectivity index (χ3v) is 6.30. The lowest BCUT2D eigenvalue weighted by atomic mass is 10.0. The van der Waals surface area contributed by atoms with E-state index in [1.807, 2.05) is 23.5 Å². The van der Waals surface area contributed by atoms with Crippen molar-refractivity contribution in [1.82, 2.24) is 19.3 Å². The molecule has 0 N–H and O–H groups in total. The molecule has 0 saturated heterocycles. The van der Waals surface area contributed by atoms with Crippen molar-refractivity contribution in [1.29, 1.82) is 0 Å². The zero-order valence-electron chi connectivity index (χ0n) is 13.6. The van der Waals surface area contributed by atoms with Gasteiger partial charge in [0.15, 0.2) is 5.65 Å². The molecule has 0 atom stereocenters. The number of hydrogen-bond donors (Lipinski definition) is 0. The van der Waals surface area contributed by atoms with Crippen molar-refractivity contribution in [2.45, 2.75) is 57.2 Å². The van der Waals surface area contributed by atoms with E-state index in [2.05, 4.69) is 36.7 Å². The lowest BCUT2D eigenvalue weighted by Crippen LogP contribution is -2.30.